The number of nitrogens with one attached hydrogen (secondary N) is 2. The van der Waals surface area contributed by atoms with Gasteiger partial charge >= 0.3 is 6.03 Å². The molecule has 3 rings (SSSR count). The Balaban J connectivity index is 1.68. The molecule has 5 nitrogen and oxygen atoms in total. The van der Waals surface area contributed by atoms with E-state index in [0.717, 1.165) is 17.8 Å². The first-order chi connectivity index (χ1) is 10.7. The molecule has 2 aromatic rings. The van der Waals surface area contributed by atoms with Crippen molar-refractivity contribution in [1.82, 2.24) is 5.32 Å². The number of aryl methyl sites for hydroxylation is 1. The Bertz CT molecular complexity index is 694. The lowest BCUT2D eigenvalue weighted by molar-refractivity contribution is 0.103. The molecule has 1 aromatic heterocycles. The maximum absolute atomic E-state index is 12.2. The van der Waals surface area contributed by atoms with Crippen LogP contribution in [0.25, 0.3) is 0 Å². The Labute approximate surface area is 132 Å². The molecule has 114 valence electrons. The van der Waals surface area contributed by atoms with Gasteiger partial charge in [-0.25, -0.2) is 4.79 Å². The molecule has 0 spiro atoms. The van der Waals surface area contributed by atoms with E-state index >= 15 is 0 Å². The fourth-order valence-electron chi connectivity index (χ4n) is 2.33. The van der Waals surface area contributed by atoms with Crippen molar-refractivity contribution < 1.29 is 9.59 Å². The standard InChI is InChI=1S/C16H17N3O2S/c1-2-13-7-8-14(22-13)15(20)18-11-3-5-12(6-4-11)19-10-9-17-16(19)21/h3-8H,2,9-10H2,1H3,(H,17,21)(H,18,20). The van der Waals surface area contributed by atoms with E-state index < -0.39 is 0 Å². The number of carbonyl (C=O) groups is 2. The molecule has 1 aliphatic heterocycles. The van der Waals surface area contributed by atoms with Crippen molar-refractivity contribution in [2.24, 2.45) is 0 Å². The number of hydrogen-bond acceptors (Lipinski definition) is 3. The zero-order valence-electron chi connectivity index (χ0n) is 12.3. The van der Waals surface area contributed by atoms with Gasteiger partial charge in [0.15, 0.2) is 0 Å². The number of benzene rings is 1. The summed E-state index contributed by atoms with van der Waals surface area (Å²) in [7, 11) is 0. The highest BCUT2D eigenvalue weighted by atomic mass is 32.1. The van der Waals surface area contributed by atoms with Crippen LogP contribution in [-0.2, 0) is 6.42 Å². The monoisotopic (exact) mass is 315 g/mol. The number of thiophene rings is 1. The molecule has 0 unspecified atom stereocenters. The Morgan fingerprint density at radius 1 is 1.27 bits per heavy atom. The highest BCUT2D eigenvalue weighted by Gasteiger charge is 2.20. The van der Waals surface area contributed by atoms with Crippen molar-refractivity contribution in [2.75, 3.05) is 23.3 Å². The zero-order chi connectivity index (χ0) is 15.5. The fourth-order valence-corrected chi connectivity index (χ4v) is 3.17. The van der Waals surface area contributed by atoms with E-state index in [1.807, 2.05) is 36.4 Å². The molecular formula is C16H17N3O2S. The highest BCUT2D eigenvalue weighted by Crippen LogP contribution is 2.22. The van der Waals surface area contributed by atoms with Crippen LogP contribution in [0.1, 0.15) is 21.5 Å². The fraction of sp³-hybridized carbons (Fsp3) is 0.250. The number of rotatable bonds is 4. The third-order valence-corrected chi connectivity index (χ3v) is 4.76. The van der Waals surface area contributed by atoms with Gasteiger partial charge in [-0.1, -0.05) is 6.92 Å². The molecule has 0 radical (unpaired) electrons. The van der Waals surface area contributed by atoms with E-state index in [0.29, 0.717) is 18.0 Å². The molecular weight excluding hydrogens is 298 g/mol. The van der Waals surface area contributed by atoms with E-state index in [2.05, 4.69) is 17.6 Å². The second kappa shape index (κ2) is 6.19. The molecule has 22 heavy (non-hydrogen) atoms. The van der Waals surface area contributed by atoms with Gasteiger partial charge in [-0.05, 0) is 42.8 Å². The maximum Gasteiger partial charge on any atom is 0.321 e. The number of carbonyl (C=O) groups excluding carboxylic acids is 2. The van der Waals surface area contributed by atoms with Crippen LogP contribution in [0.2, 0.25) is 0 Å². The average molecular weight is 315 g/mol. The highest BCUT2D eigenvalue weighted by molar-refractivity contribution is 7.14. The molecule has 1 saturated heterocycles. The topological polar surface area (TPSA) is 61.4 Å². The van der Waals surface area contributed by atoms with Crippen LogP contribution in [0.15, 0.2) is 36.4 Å². The summed E-state index contributed by atoms with van der Waals surface area (Å²) in [4.78, 5) is 27.3. The molecule has 3 amide bonds. The minimum absolute atomic E-state index is 0.0810. The summed E-state index contributed by atoms with van der Waals surface area (Å²) >= 11 is 1.51. The van der Waals surface area contributed by atoms with Crippen LogP contribution >= 0.6 is 11.3 Å². The van der Waals surface area contributed by atoms with Crippen LogP contribution < -0.4 is 15.5 Å². The summed E-state index contributed by atoms with van der Waals surface area (Å²) in [5.41, 5.74) is 1.55. The molecule has 0 atom stereocenters. The molecule has 1 aromatic carbocycles. The zero-order valence-corrected chi connectivity index (χ0v) is 13.1. The van der Waals surface area contributed by atoms with Gasteiger partial charge in [0.2, 0.25) is 0 Å². The minimum Gasteiger partial charge on any atom is -0.336 e. The summed E-state index contributed by atoms with van der Waals surface area (Å²) in [6.45, 7) is 3.40. The van der Waals surface area contributed by atoms with Gasteiger partial charge in [0.25, 0.3) is 5.91 Å². The largest absolute Gasteiger partial charge is 0.336 e. The predicted molar refractivity (Wildman–Crippen MR) is 88.8 cm³/mol. The molecule has 0 bridgehead atoms. The minimum atomic E-state index is -0.101. The molecule has 0 saturated carbocycles. The van der Waals surface area contributed by atoms with Gasteiger partial charge in [0.05, 0.1) is 4.88 Å². The predicted octanol–water partition coefficient (Wildman–Crippen LogP) is 3.09. The molecule has 2 heterocycles. The maximum atomic E-state index is 12.2. The van der Waals surface area contributed by atoms with E-state index in [-0.39, 0.29) is 11.9 Å². The van der Waals surface area contributed by atoms with Crippen molar-refractivity contribution in [2.45, 2.75) is 13.3 Å². The van der Waals surface area contributed by atoms with Crippen LogP contribution in [0.3, 0.4) is 0 Å². The Morgan fingerprint density at radius 2 is 2.05 bits per heavy atom. The number of urea groups is 1. The van der Waals surface area contributed by atoms with E-state index in [1.54, 1.807) is 4.90 Å². The smallest absolute Gasteiger partial charge is 0.321 e. The Morgan fingerprint density at radius 3 is 2.64 bits per heavy atom. The Kier molecular flexibility index (Phi) is 4.11. The summed E-state index contributed by atoms with van der Waals surface area (Å²) < 4.78 is 0. The quantitative estimate of drug-likeness (QED) is 0.911. The van der Waals surface area contributed by atoms with Gasteiger partial charge in [-0.3, -0.25) is 9.69 Å². The van der Waals surface area contributed by atoms with E-state index in [4.69, 9.17) is 0 Å². The van der Waals surface area contributed by atoms with E-state index in [1.165, 1.54) is 16.2 Å². The first kappa shape index (κ1) is 14.6. The molecule has 0 aliphatic carbocycles. The Hall–Kier alpha value is -2.34. The number of hydrogen-bond donors (Lipinski definition) is 2. The summed E-state index contributed by atoms with van der Waals surface area (Å²) in [5.74, 6) is -0.101. The third-order valence-electron chi connectivity index (χ3n) is 3.53. The first-order valence-corrected chi connectivity index (χ1v) is 8.04. The first-order valence-electron chi connectivity index (χ1n) is 7.23. The third kappa shape index (κ3) is 2.96. The second-order valence-corrected chi connectivity index (χ2v) is 6.17. The van der Waals surface area contributed by atoms with Gasteiger partial charge in [0, 0.05) is 29.3 Å². The van der Waals surface area contributed by atoms with Gasteiger partial charge in [0.1, 0.15) is 0 Å². The molecule has 1 fully saturated rings. The van der Waals surface area contributed by atoms with Gasteiger partial charge < -0.3 is 10.6 Å². The number of nitrogens with zero attached hydrogens (tertiary/aromatic N) is 1. The lowest BCUT2D eigenvalue weighted by Gasteiger charge is -2.14. The normalized spacial score (nSPS) is 14.0. The molecule has 1 aliphatic rings. The van der Waals surface area contributed by atoms with Crippen LogP contribution in [-0.4, -0.2) is 25.0 Å². The van der Waals surface area contributed by atoms with Crippen molar-refractivity contribution in [3.05, 3.63) is 46.2 Å². The summed E-state index contributed by atoms with van der Waals surface area (Å²) in [6, 6.07) is 11.1. The lowest BCUT2D eigenvalue weighted by Crippen LogP contribution is -2.27. The van der Waals surface area contributed by atoms with Crippen molar-refractivity contribution in [3.63, 3.8) is 0 Å². The van der Waals surface area contributed by atoms with Crippen molar-refractivity contribution >= 4 is 34.6 Å². The number of anilines is 2. The average Bonchev–Trinajstić information content (AvgIpc) is 3.17. The molecule has 2 N–H and O–H groups in total. The van der Waals surface area contributed by atoms with Crippen LogP contribution in [0.5, 0.6) is 0 Å². The summed E-state index contributed by atoms with van der Waals surface area (Å²) in [6.07, 6.45) is 0.935. The van der Waals surface area contributed by atoms with Crippen molar-refractivity contribution in [3.8, 4) is 0 Å². The van der Waals surface area contributed by atoms with Gasteiger partial charge in [-0.15, -0.1) is 11.3 Å². The van der Waals surface area contributed by atoms with E-state index in [9.17, 15) is 9.59 Å². The van der Waals surface area contributed by atoms with Crippen LogP contribution in [0, 0.1) is 0 Å². The SMILES string of the molecule is CCc1ccc(C(=O)Nc2ccc(N3CCNC3=O)cc2)s1. The van der Waals surface area contributed by atoms with Gasteiger partial charge in [-0.2, -0.15) is 0 Å². The van der Waals surface area contributed by atoms with Crippen LogP contribution in [0.4, 0.5) is 16.2 Å². The number of amides is 3. The summed E-state index contributed by atoms with van der Waals surface area (Å²) in [5, 5.41) is 5.64. The van der Waals surface area contributed by atoms with Crippen molar-refractivity contribution in [1.29, 1.82) is 0 Å². The molecule has 6 heteroatoms. The second-order valence-electron chi connectivity index (χ2n) is 5.00. The lowest BCUT2D eigenvalue weighted by atomic mass is 10.2.